The minimum absolute atomic E-state index is 0.124. The molecule has 4 aliphatic heterocycles. The summed E-state index contributed by atoms with van der Waals surface area (Å²) in [6.45, 7) is 7.34. The van der Waals surface area contributed by atoms with Crippen molar-refractivity contribution in [3.8, 4) is 0 Å². The quantitative estimate of drug-likeness (QED) is 0.698. The van der Waals surface area contributed by atoms with Gasteiger partial charge in [0.2, 0.25) is 11.8 Å². The van der Waals surface area contributed by atoms with Gasteiger partial charge in [-0.05, 0) is 5.92 Å². The number of amides is 2. The number of rotatable bonds is 5. The highest BCUT2D eigenvalue weighted by Gasteiger charge is 2.67. The molecule has 2 amide bonds. The van der Waals surface area contributed by atoms with Crippen LogP contribution in [0.3, 0.4) is 0 Å². The maximum absolute atomic E-state index is 13.2. The zero-order valence-corrected chi connectivity index (χ0v) is 16.0. The molecule has 0 saturated carbocycles. The van der Waals surface area contributed by atoms with E-state index in [0.29, 0.717) is 12.5 Å². The highest BCUT2D eigenvalue weighted by atomic mass is 32.2. The smallest absolute Gasteiger partial charge is 0.230 e. The number of carbonyl (C=O) groups excluding carboxylic acids is 2. The molecule has 0 N–H and O–H groups in total. The maximum atomic E-state index is 13.2. The van der Waals surface area contributed by atoms with Gasteiger partial charge in [0, 0.05) is 31.1 Å². The second kappa shape index (κ2) is 6.62. The van der Waals surface area contributed by atoms with Gasteiger partial charge in [0.25, 0.3) is 0 Å². The van der Waals surface area contributed by atoms with Crippen molar-refractivity contribution in [2.45, 2.75) is 38.4 Å². The molecule has 4 heterocycles. The summed E-state index contributed by atoms with van der Waals surface area (Å²) in [5, 5.41) is 0. The van der Waals surface area contributed by atoms with E-state index in [4.69, 9.17) is 4.74 Å². The lowest BCUT2D eigenvalue weighted by atomic mass is 9.76. The van der Waals surface area contributed by atoms with Crippen LogP contribution in [-0.4, -0.2) is 71.0 Å². The lowest BCUT2D eigenvalue weighted by Gasteiger charge is -2.32. The van der Waals surface area contributed by atoms with Crippen molar-refractivity contribution in [3.63, 3.8) is 0 Å². The first-order valence-corrected chi connectivity index (χ1v) is 10.8. The van der Waals surface area contributed by atoms with Crippen molar-refractivity contribution in [2.24, 2.45) is 17.8 Å². The molecule has 4 aliphatic rings. The summed E-state index contributed by atoms with van der Waals surface area (Å²) >= 11 is 1.89. The van der Waals surface area contributed by atoms with Crippen molar-refractivity contribution in [1.82, 2.24) is 9.80 Å². The summed E-state index contributed by atoms with van der Waals surface area (Å²) in [7, 11) is 0. The van der Waals surface area contributed by atoms with Crippen LogP contribution < -0.4 is 0 Å². The van der Waals surface area contributed by atoms with Crippen LogP contribution in [0.25, 0.3) is 0 Å². The van der Waals surface area contributed by atoms with E-state index >= 15 is 0 Å². The number of likely N-dealkylation sites (tertiary alicyclic amines) is 1. The standard InChI is InChI=1S/C19H28N2O3S/c1-3-13(4-2)11-21-12-19-6-5-14(24-19)15(16(19)18(21)23)17(22)20-7-9-25-10-8-20/h5-6,13-16H,3-4,7-12H2,1-2H3/t14-,15-,16-,19-/m0/s1. The first kappa shape index (κ1) is 17.4. The van der Waals surface area contributed by atoms with Gasteiger partial charge in [-0.15, -0.1) is 0 Å². The fourth-order valence-corrected chi connectivity index (χ4v) is 5.77. The third kappa shape index (κ3) is 2.72. The first-order valence-electron chi connectivity index (χ1n) is 9.62. The number of nitrogens with zero attached hydrogens (tertiary/aromatic N) is 2. The molecular formula is C19H28N2O3S. The molecule has 1 spiro atoms. The van der Waals surface area contributed by atoms with E-state index in [1.165, 1.54) is 0 Å². The normalized spacial score (nSPS) is 36.6. The van der Waals surface area contributed by atoms with E-state index < -0.39 is 5.60 Å². The summed E-state index contributed by atoms with van der Waals surface area (Å²) in [4.78, 5) is 30.2. The Morgan fingerprint density at radius 2 is 2.08 bits per heavy atom. The summed E-state index contributed by atoms with van der Waals surface area (Å²) in [6, 6.07) is 0. The number of hydrogen-bond acceptors (Lipinski definition) is 4. The number of ether oxygens (including phenoxy) is 1. The first-order chi connectivity index (χ1) is 12.1. The molecule has 0 radical (unpaired) electrons. The minimum atomic E-state index is -0.557. The van der Waals surface area contributed by atoms with Gasteiger partial charge in [-0.1, -0.05) is 38.8 Å². The summed E-state index contributed by atoms with van der Waals surface area (Å²) in [6.07, 6.45) is 6.01. The third-order valence-corrected chi connectivity index (χ3v) is 7.36. The molecule has 3 fully saturated rings. The summed E-state index contributed by atoms with van der Waals surface area (Å²) in [5.74, 6) is 2.11. The lowest BCUT2D eigenvalue weighted by molar-refractivity contribution is -0.143. The molecule has 2 bridgehead atoms. The van der Waals surface area contributed by atoms with Gasteiger partial charge in [0.1, 0.15) is 5.60 Å². The van der Waals surface area contributed by atoms with Gasteiger partial charge in [-0.25, -0.2) is 0 Å². The van der Waals surface area contributed by atoms with Crippen LogP contribution in [0.2, 0.25) is 0 Å². The highest BCUT2D eigenvalue weighted by Crippen LogP contribution is 2.52. The van der Waals surface area contributed by atoms with Crippen LogP contribution in [0.15, 0.2) is 12.2 Å². The largest absolute Gasteiger partial charge is 0.360 e. The van der Waals surface area contributed by atoms with E-state index in [2.05, 4.69) is 19.9 Å². The van der Waals surface area contributed by atoms with Crippen LogP contribution >= 0.6 is 11.8 Å². The van der Waals surface area contributed by atoms with Crippen molar-refractivity contribution in [3.05, 3.63) is 12.2 Å². The molecule has 0 unspecified atom stereocenters. The molecule has 0 aromatic rings. The number of carbonyl (C=O) groups is 2. The van der Waals surface area contributed by atoms with Crippen molar-refractivity contribution < 1.29 is 14.3 Å². The van der Waals surface area contributed by atoms with Gasteiger partial charge in [0.15, 0.2) is 0 Å². The molecule has 138 valence electrons. The Morgan fingerprint density at radius 3 is 2.76 bits per heavy atom. The van der Waals surface area contributed by atoms with Crippen molar-refractivity contribution in [1.29, 1.82) is 0 Å². The van der Waals surface area contributed by atoms with E-state index in [0.717, 1.165) is 44.0 Å². The highest BCUT2D eigenvalue weighted by molar-refractivity contribution is 7.99. The van der Waals surface area contributed by atoms with Crippen molar-refractivity contribution in [2.75, 3.05) is 37.7 Å². The predicted molar refractivity (Wildman–Crippen MR) is 98.3 cm³/mol. The van der Waals surface area contributed by atoms with E-state index in [1.807, 2.05) is 27.6 Å². The molecule has 6 heteroatoms. The molecule has 0 aromatic heterocycles. The average molecular weight is 365 g/mol. The molecule has 0 aromatic carbocycles. The van der Waals surface area contributed by atoms with Gasteiger partial charge in [-0.3, -0.25) is 9.59 Å². The van der Waals surface area contributed by atoms with E-state index in [1.54, 1.807) is 0 Å². The third-order valence-electron chi connectivity index (χ3n) is 6.42. The summed E-state index contributed by atoms with van der Waals surface area (Å²) < 4.78 is 6.23. The molecular weight excluding hydrogens is 336 g/mol. The topological polar surface area (TPSA) is 49.9 Å². The monoisotopic (exact) mass is 364 g/mol. The number of hydrogen-bond donors (Lipinski definition) is 0. The predicted octanol–water partition coefficient (Wildman–Crippen LogP) is 1.78. The molecule has 3 saturated heterocycles. The van der Waals surface area contributed by atoms with Gasteiger partial charge in [-0.2, -0.15) is 11.8 Å². The Bertz CT molecular complexity index is 585. The lowest BCUT2D eigenvalue weighted by Crippen LogP contribution is -2.48. The second-order valence-electron chi connectivity index (χ2n) is 7.74. The molecule has 5 nitrogen and oxygen atoms in total. The molecule has 4 rings (SSSR count). The number of fused-ring (bicyclic) bond motifs is 1. The molecule has 4 atom stereocenters. The van der Waals surface area contributed by atoms with E-state index in [-0.39, 0.29) is 29.8 Å². The fraction of sp³-hybridized carbons (Fsp3) is 0.789. The maximum Gasteiger partial charge on any atom is 0.230 e. The van der Waals surface area contributed by atoms with Crippen LogP contribution in [0, 0.1) is 17.8 Å². The average Bonchev–Trinajstić information content (AvgIpc) is 3.28. The van der Waals surface area contributed by atoms with Gasteiger partial charge < -0.3 is 14.5 Å². The van der Waals surface area contributed by atoms with Crippen LogP contribution in [-0.2, 0) is 14.3 Å². The number of thioether (sulfide) groups is 1. The minimum Gasteiger partial charge on any atom is -0.360 e. The van der Waals surface area contributed by atoms with Crippen LogP contribution in [0.1, 0.15) is 26.7 Å². The van der Waals surface area contributed by atoms with Crippen LogP contribution in [0.5, 0.6) is 0 Å². The van der Waals surface area contributed by atoms with Crippen LogP contribution in [0.4, 0.5) is 0 Å². The Morgan fingerprint density at radius 1 is 1.36 bits per heavy atom. The Balaban J connectivity index is 1.55. The SMILES string of the molecule is CCC(CC)CN1C[C@]23C=C[C@H](O2)[C@H](C(=O)N2CCSCC2)[C@H]3C1=O. The Labute approximate surface area is 154 Å². The fourth-order valence-electron chi connectivity index (χ4n) is 4.87. The summed E-state index contributed by atoms with van der Waals surface area (Å²) in [5.41, 5.74) is -0.557. The molecule has 25 heavy (non-hydrogen) atoms. The van der Waals surface area contributed by atoms with Crippen molar-refractivity contribution >= 4 is 23.6 Å². The van der Waals surface area contributed by atoms with Gasteiger partial charge >= 0.3 is 0 Å². The molecule has 0 aliphatic carbocycles. The Hall–Kier alpha value is -1.01. The van der Waals surface area contributed by atoms with Gasteiger partial charge in [0.05, 0.1) is 24.5 Å². The zero-order chi connectivity index (χ0) is 17.6. The Kier molecular flexibility index (Phi) is 4.61. The van der Waals surface area contributed by atoms with E-state index in [9.17, 15) is 9.59 Å². The second-order valence-corrected chi connectivity index (χ2v) is 8.96. The zero-order valence-electron chi connectivity index (χ0n) is 15.1.